The molecule has 29 heavy (non-hydrogen) atoms. The highest BCUT2D eigenvalue weighted by Crippen LogP contribution is 2.31. The highest BCUT2D eigenvalue weighted by molar-refractivity contribution is 7.16. The first-order valence-electron chi connectivity index (χ1n) is 9.08. The standard InChI is InChI=1S/C19H20F2N4O3S/c1-3-14-22-16(28-25-14)6-4-5-15(26)23-19-24-17(11(2)29-19)12-7-9-13(10-8-12)27-18(20)21/h7-10,18H,3-6H2,1-2H3,(H,23,24,26). The summed E-state index contributed by atoms with van der Waals surface area (Å²) in [6.07, 6.45) is 2.13. The highest BCUT2D eigenvalue weighted by Gasteiger charge is 2.13. The number of amides is 1. The number of hydrogen-bond acceptors (Lipinski definition) is 7. The van der Waals surface area contributed by atoms with Gasteiger partial charge in [-0.2, -0.15) is 13.8 Å². The Morgan fingerprint density at radius 2 is 2.03 bits per heavy atom. The van der Waals surface area contributed by atoms with E-state index in [0.717, 1.165) is 10.4 Å². The number of carbonyl (C=O) groups excluding carboxylic acids is 1. The topological polar surface area (TPSA) is 90.1 Å². The van der Waals surface area contributed by atoms with Gasteiger partial charge in [-0.1, -0.05) is 12.1 Å². The summed E-state index contributed by atoms with van der Waals surface area (Å²) in [5, 5.41) is 7.10. The lowest BCUT2D eigenvalue weighted by molar-refractivity contribution is -0.116. The largest absolute Gasteiger partial charge is 0.435 e. The number of carbonyl (C=O) groups is 1. The Balaban J connectivity index is 1.54. The van der Waals surface area contributed by atoms with Crippen LogP contribution in [-0.2, 0) is 17.6 Å². The van der Waals surface area contributed by atoms with Gasteiger partial charge in [0.2, 0.25) is 11.8 Å². The summed E-state index contributed by atoms with van der Waals surface area (Å²) in [6, 6.07) is 6.22. The molecule has 0 aliphatic carbocycles. The van der Waals surface area contributed by atoms with Gasteiger partial charge in [-0.15, -0.1) is 11.3 Å². The van der Waals surface area contributed by atoms with Crippen LogP contribution in [0.15, 0.2) is 28.8 Å². The lowest BCUT2D eigenvalue weighted by Gasteiger charge is -2.05. The van der Waals surface area contributed by atoms with Crippen LogP contribution in [0, 0.1) is 6.92 Å². The minimum atomic E-state index is -2.86. The molecule has 2 aromatic heterocycles. The first-order valence-corrected chi connectivity index (χ1v) is 9.90. The van der Waals surface area contributed by atoms with E-state index >= 15 is 0 Å². The fourth-order valence-corrected chi connectivity index (χ4v) is 3.48. The van der Waals surface area contributed by atoms with E-state index in [1.165, 1.54) is 23.5 Å². The maximum atomic E-state index is 12.3. The van der Waals surface area contributed by atoms with Crippen molar-refractivity contribution in [2.45, 2.75) is 46.1 Å². The van der Waals surface area contributed by atoms with Gasteiger partial charge in [0.05, 0.1) is 5.69 Å². The van der Waals surface area contributed by atoms with Crippen LogP contribution in [0.2, 0.25) is 0 Å². The predicted molar refractivity (Wildman–Crippen MR) is 104 cm³/mol. The van der Waals surface area contributed by atoms with E-state index in [9.17, 15) is 13.6 Å². The van der Waals surface area contributed by atoms with Crippen LogP contribution >= 0.6 is 11.3 Å². The average Bonchev–Trinajstić information content (AvgIpc) is 3.28. The minimum absolute atomic E-state index is 0.0810. The summed E-state index contributed by atoms with van der Waals surface area (Å²) in [7, 11) is 0. The Kier molecular flexibility index (Phi) is 6.86. The molecule has 1 N–H and O–H groups in total. The Hall–Kier alpha value is -2.88. The molecular weight excluding hydrogens is 402 g/mol. The van der Waals surface area contributed by atoms with Gasteiger partial charge in [0.1, 0.15) is 5.75 Å². The zero-order chi connectivity index (χ0) is 20.8. The molecule has 7 nitrogen and oxygen atoms in total. The average molecular weight is 422 g/mol. The molecule has 0 unspecified atom stereocenters. The maximum Gasteiger partial charge on any atom is 0.387 e. The molecule has 2 heterocycles. The molecule has 0 aliphatic heterocycles. The first kappa shape index (κ1) is 20.8. The van der Waals surface area contributed by atoms with Gasteiger partial charge in [0, 0.05) is 29.7 Å². The van der Waals surface area contributed by atoms with E-state index < -0.39 is 6.61 Å². The normalized spacial score (nSPS) is 11.1. The van der Waals surface area contributed by atoms with E-state index in [1.807, 2.05) is 13.8 Å². The summed E-state index contributed by atoms with van der Waals surface area (Å²) in [6.45, 7) is 0.961. The van der Waals surface area contributed by atoms with Crippen LogP contribution < -0.4 is 10.1 Å². The molecule has 3 rings (SSSR count). The van der Waals surface area contributed by atoms with Crippen LogP contribution in [0.3, 0.4) is 0 Å². The van der Waals surface area contributed by atoms with E-state index in [4.69, 9.17) is 4.52 Å². The number of aromatic nitrogens is 3. The second kappa shape index (κ2) is 9.55. The van der Waals surface area contributed by atoms with Crippen LogP contribution in [0.5, 0.6) is 5.75 Å². The lowest BCUT2D eigenvalue weighted by Crippen LogP contribution is -2.11. The van der Waals surface area contributed by atoms with Crippen molar-refractivity contribution in [2.24, 2.45) is 0 Å². The zero-order valence-electron chi connectivity index (χ0n) is 15.9. The molecule has 0 atom stereocenters. The summed E-state index contributed by atoms with van der Waals surface area (Å²) in [5.74, 6) is 1.11. The van der Waals surface area contributed by atoms with Gasteiger partial charge in [0.25, 0.3) is 0 Å². The summed E-state index contributed by atoms with van der Waals surface area (Å²) >= 11 is 1.35. The van der Waals surface area contributed by atoms with Crippen LogP contribution in [0.4, 0.5) is 13.9 Å². The van der Waals surface area contributed by atoms with E-state index in [0.29, 0.717) is 48.2 Å². The molecule has 0 radical (unpaired) electrons. The number of ether oxygens (including phenoxy) is 1. The number of nitrogens with one attached hydrogen (secondary N) is 1. The van der Waals surface area contributed by atoms with Crippen molar-refractivity contribution in [2.75, 3.05) is 5.32 Å². The SMILES string of the molecule is CCc1noc(CCCC(=O)Nc2nc(-c3ccc(OC(F)F)cc3)c(C)s2)n1. The third kappa shape index (κ3) is 5.80. The van der Waals surface area contributed by atoms with E-state index in [2.05, 4.69) is 25.2 Å². The Morgan fingerprint density at radius 1 is 1.28 bits per heavy atom. The number of hydrogen-bond donors (Lipinski definition) is 1. The van der Waals surface area contributed by atoms with Crippen molar-refractivity contribution in [1.29, 1.82) is 0 Å². The van der Waals surface area contributed by atoms with Gasteiger partial charge in [-0.3, -0.25) is 4.79 Å². The molecule has 0 spiro atoms. The highest BCUT2D eigenvalue weighted by atomic mass is 32.1. The van der Waals surface area contributed by atoms with Crippen LogP contribution in [0.1, 0.15) is 36.4 Å². The number of benzene rings is 1. The van der Waals surface area contributed by atoms with Gasteiger partial charge in [0.15, 0.2) is 11.0 Å². The van der Waals surface area contributed by atoms with E-state index in [-0.39, 0.29) is 11.7 Å². The molecule has 0 fully saturated rings. The van der Waals surface area contributed by atoms with Crippen molar-refractivity contribution in [3.8, 4) is 17.0 Å². The number of halogens is 2. The molecule has 0 saturated carbocycles. The predicted octanol–water partition coefficient (Wildman–Crippen LogP) is 4.63. The Bertz CT molecular complexity index is 957. The second-order valence-corrected chi connectivity index (χ2v) is 7.39. The number of rotatable bonds is 9. The fourth-order valence-electron chi connectivity index (χ4n) is 2.63. The number of anilines is 1. The van der Waals surface area contributed by atoms with Gasteiger partial charge >= 0.3 is 6.61 Å². The monoisotopic (exact) mass is 422 g/mol. The number of aryl methyl sites for hydroxylation is 3. The Labute approximate surface area is 170 Å². The number of thiazole rings is 1. The third-order valence-electron chi connectivity index (χ3n) is 4.02. The molecule has 10 heteroatoms. The van der Waals surface area contributed by atoms with Crippen molar-refractivity contribution in [1.82, 2.24) is 15.1 Å². The van der Waals surface area contributed by atoms with Gasteiger partial charge in [-0.25, -0.2) is 4.98 Å². The van der Waals surface area contributed by atoms with Crippen molar-refractivity contribution < 1.29 is 22.8 Å². The zero-order valence-corrected chi connectivity index (χ0v) is 16.8. The summed E-state index contributed by atoms with van der Waals surface area (Å²) in [5.41, 5.74) is 1.44. The molecule has 0 saturated heterocycles. The van der Waals surface area contributed by atoms with Crippen molar-refractivity contribution in [3.63, 3.8) is 0 Å². The summed E-state index contributed by atoms with van der Waals surface area (Å²) < 4.78 is 33.9. The first-order chi connectivity index (χ1) is 13.9. The third-order valence-corrected chi connectivity index (χ3v) is 4.90. The smallest absolute Gasteiger partial charge is 0.387 e. The molecule has 3 aromatic rings. The Morgan fingerprint density at radius 3 is 2.69 bits per heavy atom. The van der Waals surface area contributed by atoms with Crippen molar-refractivity contribution in [3.05, 3.63) is 40.9 Å². The lowest BCUT2D eigenvalue weighted by atomic mass is 10.1. The second-order valence-electron chi connectivity index (χ2n) is 6.19. The van der Waals surface area contributed by atoms with Gasteiger partial charge in [-0.05, 0) is 37.6 Å². The summed E-state index contributed by atoms with van der Waals surface area (Å²) in [4.78, 5) is 21.7. The maximum absolute atomic E-state index is 12.3. The molecule has 0 aliphatic rings. The van der Waals surface area contributed by atoms with Crippen LogP contribution in [0.25, 0.3) is 11.3 Å². The number of nitrogens with zero attached hydrogens (tertiary/aromatic N) is 3. The molecule has 1 aromatic carbocycles. The van der Waals surface area contributed by atoms with Gasteiger partial charge < -0.3 is 14.6 Å². The fraction of sp³-hybridized carbons (Fsp3) is 0.368. The minimum Gasteiger partial charge on any atom is -0.435 e. The molecule has 1 amide bonds. The van der Waals surface area contributed by atoms with Crippen molar-refractivity contribution >= 4 is 22.4 Å². The quantitative estimate of drug-likeness (QED) is 0.541. The number of alkyl halides is 2. The molecular formula is C19H20F2N4O3S. The molecule has 0 bridgehead atoms. The van der Waals surface area contributed by atoms with E-state index in [1.54, 1.807) is 12.1 Å². The van der Waals surface area contributed by atoms with Crippen LogP contribution in [-0.4, -0.2) is 27.6 Å². The molecule has 154 valence electrons.